The number of carbonyl (C=O) groups excluding carboxylic acids is 1. The Morgan fingerprint density at radius 3 is 2.38 bits per heavy atom. The molecule has 112 valence electrons. The van der Waals surface area contributed by atoms with Crippen LogP contribution in [0.5, 0.6) is 0 Å². The number of rotatable bonds is 2. The van der Waals surface area contributed by atoms with Gasteiger partial charge in [0.2, 0.25) is 0 Å². The van der Waals surface area contributed by atoms with Crippen LogP contribution in [0.1, 0.15) is 27.3 Å². The van der Waals surface area contributed by atoms with E-state index in [1.165, 1.54) is 0 Å². The Morgan fingerprint density at radius 1 is 1.19 bits per heavy atom. The van der Waals surface area contributed by atoms with Crippen LogP contribution in [0.3, 0.4) is 0 Å². The van der Waals surface area contributed by atoms with E-state index in [9.17, 15) is 18.0 Å². The molecule has 7 heteroatoms. The van der Waals surface area contributed by atoms with E-state index in [2.05, 4.69) is 10.4 Å². The summed E-state index contributed by atoms with van der Waals surface area (Å²) in [6.45, 7) is 3.81. The third-order valence-electron chi connectivity index (χ3n) is 3.17. The fourth-order valence-electron chi connectivity index (χ4n) is 1.86. The van der Waals surface area contributed by atoms with Crippen LogP contribution in [-0.4, -0.2) is 15.7 Å². The second kappa shape index (κ2) is 5.23. The van der Waals surface area contributed by atoms with Gasteiger partial charge < -0.3 is 5.32 Å². The average Bonchev–Trinajstić information content (AvgIpc) is 2.76. The zero-order chi connectivity index (χ0) is 15.8. The molecule has 1 aromatic heterocycles. The van der Waals surface area contributed by atoms with E-state index in [0.29, 0.717) is 10.4 Å². The van der Waals surface area contributed by atoms with Crippen LogP contribution in [-0.2, 0) is 13.2 Å². The lowest BCUT2D eigenvalue weighted by Gasteiger charge is -2.06. The third kappa shape index (κ3) is 3.24. The summed E-state index contributed by atoms with van der Waals surface area (Å²) < 4.78 is 38.6. The highest BCUT2D eigenvalue weighted by molar-refractivity contribution is 6.03. The van der Waals surface area contributed by atoms with E-state index in [1.54, 1.807) is 12.1 Å². The Balaban J connectivity index is 2.23. The van der Waals surface area contributed by atoms with E-state index in [1.807, 2.05) is 19.9 Å². The van der Waals surface area contributed by atoms with E-state index in [4.69, 9.17) is 0 Å². The number of alkyl halides is 3. The third-order valence-corrected chi connectivity index (χ3v) is 3.17. The number of hydrogen-bond donors (Lipinski definition) is 1. The number of hydrogen-bond acceptors (Lipinski definition) is 2. The molecule has 1 heterocycles. The minimum absolute atomic E-state index is 0.275. The Labute approximate surface area is 119 Å². The van der Waals surface area contributed by atoms with Crippen molar-refractivity contribution in [2.45, 2.75) is 20.0 Å². The fraction of sp³-hybridized carbons (Fsp3) is 0.286. The van der Waals surface area contributed by atoms with E-state index >= 15 is 0 Å². The maximum atomic E-state index is 12.7. The van der Waals surface area contributed by atoms with Gasteiger partial charge in [0, 0.05) is 18.8 Å². The molecular weight excluding hydrogens is 283 g/mol. The summed E-state index contributed by atoms with van der Waals surface area (Å²) in [7, 11) is 1.15. The normalized spacial score (nSPS) is 11.5. The van der Waals surface area contributed by atoms with Gasteiger partial charge in [0.15, 0.2) is 5.69 Å². The van der Waals surface area contributed by atoms with Crippen molar-refractivity contribution in [2.75, 3.05) is 5.32 Å². The largest absolute Gasteiger partial charge is 0.433 e. The minimum atomic E-state index is -4.54. The predicted octanol–water partition coefficient (Wildman–Crippen LogP) is 3.31. The number of benzene rings is 1. The molecule has 0 bridgehead atoms. The number of amides is 1. The lowest BCUT2D eigenvalue weighted by molar-refractivity contribution is -0.143. The van der Waals surface area contributed by atoms with Crippen molar-refractivity contribution in [3.05, 3.63) is 46.8 Å². The highest BCUT2D eigenvalue weighted by Crippen LogP contribution is 2.29. The molecule has 0 fully saturated rings. The van der Waals surface area contributed by atoms with Crippen molar-refractivity contribution < 1.29 is 18.0 Å². The van der Waals surface area contributed by atoms with Crippen molar-refractivity contribution in [3.63, 3.8) is 0 Å². The van der Waals surface area contributed by atoms with Crippen LogP contribution in [0, 0.1) is 13.8 Å². The van der Waals surface area contributed by atoms with Gasteiger partial charge in [-0.15, -0.1) is 0 Å². The van der Waals surface area contributed by atoms with E-state index < -0.39 is 17.8 Å². The lowest BCUT2D eigenvalue weighted by atomic mass is 10.1. The number of aryl methyl sites for hydroxylation is 3. The Bertz CT molecular complexity index is 689. The molecule has 0 saturated carbocycles. The van der Waals surface area contributed by atoms with Gasteiger partial charge in [-0.3, -0.25) is 9.48 Å². The second-order valence-corrected chi connectivity index (χ2v) is 4.79. The van der Waals surface area contributed by atoms with Crippen LogP contribution in [0.2, 0.25) is 0 Å². The molecule has 0 aliphatic rings. The summed E-state index contributed by atoms with van der Waals surface area (Å²) in [4.78, 5) is 11.9. The van der Waals surface area contributed by atoms with Crippen LogP contribution >= 0.6 is 0 Å². The van der Waals surface area contributed by atoms with E-state index in [0.717, 1.165) is 24.2 Å². The van der Waals surface area contributed by atoms with Gasteiger partial charge in [-0.05, 0) is 37.1 Å². The van der Waals surface area contributed by atoms with Crippen molar-refractivity contribution in [1.29, 1.82) is 0 Å². The summed E-state index contributed by atoms with van der Waals surface area (Å²) in [6.07, 6.45) is -4.54. The lowest BCUT2D eigenvalue weighted by Crippen LogP contribution is -2.13. The fourth-order valence-corrected chi connectivity index (χ4v) is 1.86. The summed E-state index contributed by atoms with van der Waals surface area (Å²) in [5, 5.41) is 6.13. The number of aromatic nitrogens is 2. The highest BCUT2D eigenvalue weighted by Gasteiger charge is 2.35. The molecule has 0 spiro atoms. The molecule has 0 unspecified atom stereocenters. The van der Waals surface area contributed by atoms with Crippen LogP contribution < -0.4 is 5.32 Å². The smallest absolute Gasteiger partial charge is 0.321 e. The van der Waals surface area contributed by atoms with Crippen molar-refractivity contribution in [2.24, 2.45) is 7.05 Å². The number of nitrogens with zero attached hydrogens (tertiary/aromatic N) is 2. The molecule has 1 aromatic carbocycles. The summed E-state index contributed by atoms with van der Waals surface area (Å²) in [5.41, 5.74) is 1.31. The first-order chi connectivity index (χ1) is 9.68. The first-order valence-corrected chi connectivity index (χ1v) is 6.18. The molecule has 1 amide bonds. The maximum absolute atomic E-state index is 12.7. The highest BCUT2D eigenvalue weighted by atomic mass is 19.4. The average molecular weight is 297 g/mol. The maximum Gasteiger partial charge on any atom is 0.433 e. The van der Waals surface area contributed by atoms with Crippen molar-refractivity contribution >= 4 is 11.6 Å². The predicted molar refractivity (Wildman–Crippen MR) is 72.1 cm³/mol. The molecule has 0 radical (unpaired) electrons. The Hall–Kier alpha value is -2.31. The Morgan fingerprint density at radius 2 is 1.86 bits per heavy atom. The van der Waals surface area contributed by atoms with Crippen molar-refractivity contribution in [3.8, 4) is 0 Å². The molecule has 2 rings (SSSR count). The van der Waals surface area contributed by atoms with Crippen molar-refractivity contribution in [1.82, 2.24) is 9.78 Å². The van der Waals surface area contributed by atoms with Crippen LogP contribution in [0.25, 0.3) is 0 Å². The molecule has 0 aliphatic carbocycles. The minimum Gasteiger partial charge on any atom is -0.321 e. The number of halogens is 3. The topological polar surface area (TPSA) is 46.9 Å². The molecule has 1 N–H and O–H groups in total. The first-order valence-electron chi connectivity index (χ1n) is 6.18. The summed E-state index contributed by atoms with van der Waals surface area (Å²) in [5.74, 6) is -0.677. The molecule has 21 heavy (non-hydrogen) atoms. The van der Waals surface area contributed by atoms with Gasteiger partial charge in [0.25, 0.3) is 5.91 Å². The standard InChI is InChI=1S/C14H14F3N3O/c1-8-4-5-10(6-9(8)2)18-13(21)11-7-12(14(15,16)17)20(3)19-11/h4-7H,1-3H3,(H,18,21). The van der Waals surface area contributed by atoms with Gasteiger partial charge in [-0.25, -0.2) is 0 Å². The van der Waals surface area contributed by atoms with Crippen LogP contribution in [0.4, 0.5) is 18.9 Å². The monoisotopic (exact) mass is 297 g/mol. The van der Waals surface area contributed by atoms with Gasteiger partial charge in [-0.1, -0.05) is 6.07 Å². The van der Waals surface area contributed by atoms with Gasteiger partial charge >= 0.3 is 6.18 Å². The SMILES string of the molecule is Cc1ccc(NC(=O)c2cc(C(F)(F)F)n(C)n2)cc1C. The summed E-state index contributed by atoms with van der Waals surface area (Å²) >= 11 is 0. The second-order valence-electron chi connectivity index (χ2n) is 4.79. The van der Waals surface area contributed by atoms with Crippen LogP contribution in [0.15, 0.2) is 24.3 Å². The zero-order valence-corrected chi connectivity index (χ0v) is 11.7. The molecule has 0 saturated heterocycles. The number of anilines is 1. The number of nitrogens with one attached hydrogen (secondary N) is 1. The van der Waals surface area contributed by atoms with Gasteiger partial charge in [0.05, 0.1) is 0 Å². The molecular formula is C14H14F3N3O. The first kappa shape index (κ1) is 15.1. The number of carbonyl (C=O) groups is 1. The molecule has 4 nitrogen and oxygen atoms in total. The summed E-state index contributed by atoms with van der Waals surface area (Å²) in [6, 6.07) is 6.00. The Kier molecular flexibility index (Phi) is 3.76. The van der Waals surface area contributed by atoms with Gasteiger partial charge in [-0.2, -0.15) is 18.3 Å². The van der Waals surface area contributed by atoms with E-state index in [-0.39, 0.29) is 5.69 Å². The molecule has 2 aromatic rings. The molecule has 0 aliphatic heterocycles. The zero-order valence-electron chi connectivity index (χ0n) is 11.7. The quantitative estimate of drug-likeness (QED) is 0.924. The van der Waals surface area contributed by atoms with Gasteiger partial charge in [0.1, 0.15) is 5.69 Å². The molecule has 0 atom stereocenters.